The van der Waals surface area contributed by atoms with Gasteiger partial charge in [-0.15, -0.1) is 5.10 Å². The van der Waals surface area contributed by atoms with E-state index in [0.29, 0.717) is 17.3 Å². The Morgan fingerprint density at radius 3 is 2.47 bits per heavy atom. The lowest BCUT2D eigenvalue weighted by molar-refractivity contribution is -0.120. The number of ether oxygens (including phenoxy) is 2. The van der Waals surface area contributed by atoms with E-state index in [2.05, 4.69) is 15.5 Å². The normalized spacial score (nSPS) is 10.7. The first-order valence-electron chi connectivity index (χ1n) is 9.50. The van der Waals surface area contributed by atoms with Gasteiger partial charge in [-0.05, 0) is 43.7 Å². The summed E-state index contributed by atoms with van der Waals surface area (Å²) >= 11 is 0. The third-order valence-electron chi connectivity index (χ3n) is 4.54. The Hall–Kier alpha value is -3.62. The summed E-state index contributed by atoms with van der Waals surface area (Å²) in [6.45, 7) is 4.35. The Balaban J connectivity index is 1.61. The van der Waals surface area contributed by atoms with Crippen LogP contribution in [0.3, 0.4) is 0 Å². The molecule has 9 nitrogen and oxygen atoms in total. The summed E-state index contributed by atoms with van der Waals surface area (Å²) in [4.78, 5) is 24.4. The van der Waals surface area contributed by atoms with Crippen LogP contribution < -0.4 is 20.3 Å². The number of rotatable bonds is 8. The number of nitrogens with zero attached hydrogens (tertiary/aromatic N) is 4. The molecule has 3 aromatic rings. The zero-order valence-corrected chi connectivity index (χ0v) is 17.5. The van der Waals surface area contributed by atoms with Gasteiger partial charge >= 0.3 is 0 Å². The van der Waals surface area contributed by atoms with Gasteiger partial charge in [0, 0.05) is 18.3 Å². The van der Waals surface area contributed by atoms with Crippen molar-refractivity contribution in [3.8, 4) is 17.3 Å². The van der Waals surface area contributed by atoms with Gasteiger partial charge in [0.2, 0.25) is 5.91 Å². The Morgan fingerprint density at radius 2 is 1.80 bits per heavy atom. The third-order valence-corrected chi connectivity index (χ3v) is 4.54. The number of nitrogens with one attached hydrogen (secondary N) is 1. The molecule has 2 heterocycles. The predicted molar refractivity (Wildman–Crippen MR) is 111 cm³/mol. The van der Waals surface area contributed by atoms with E-state index < -0.39 is 0 Å². The molecule has 158 valence electrons. The molecule has 0 bridgehead atoms. The highest BCUT2D eigenvalue weighted by Crippen LogP contribution is 2.27. The van der Waals surface area contributed by atoms with E-state index in [1.54, 1.807) is 37.1 Å². The number of aryl methyl sites for hydroxylation is 2. The Morgan fingerprint density at radius 1 is 1.03 bits per heavy atom. The molecule has 0 aliphatic carbocycles. The third kappa shape index (κ3) is 4.86. The maximum Gasteiger partial charge on any atom is 0.266 e. The van der Waals surface area contributed by atoms with Gasteiger partial charge < -0.3 is 14.8 Å². The minimum Gasteiger partial charge on any atom is -0.493 e. The Bertz CT molecular complexity index is 1100. The summed E-state index contributed by atoms with van der Waals surface area (Å²) in [5, 5.41) is 11.6. The maximum atomic E-state index is 12.3. The van der Waals surface area contributed by atoms with Crippen molar-refractivity contribution >= 4 is 5.91 Å². The van der Waals surface area contributed by atoms with Gasteiger partial charge in [0.1, 0.15) is 0 Å². The van der Waals surface area contributed by atoms with Crippen LogP contribution in [-0.4, -0.2) is 46.2 Å². The highest BCUT2D eigenvalue weighted by molar-refractivity contribution is 5.78. The fraction of sp³-hybridized carbons (Fsp3) is 0.333. The first-order valence-corrected chi connectivity index (χ1v) is 9.50. The topological polar surface area (TPSA) is 100 Å². The van der Waals surface area contributed by atoms with Gasteiger partial charge in [-0.3, -0.25) is 9.59 Å². The summed E-state index contributed by atoms with van der Waals surface area (Å²) in [6, 6.07) is 10.4. The van der Waals surface area contributed by atoms with Gasteiger partial charge in [-0.2, -0.15) is 5.10 Å². The first-order chi connectivity index (χ1) is 14.4. The molecule has 2 aromatic heterocycles. The molecule has 1 N–H and O–H groups in total. The van der Waals surface area contributed by atoms with Crippen molar-refractivity contribution in [2.45, 2.75) is 26.8 Å². The largest absolute Gasteiger partial charge is 0.493 e. The molecule has 0 fully saturated rings. The highest BCUT2D eigenvalue weighted by Gasteiger charge is 2.10. The molecular weight excluding hydrogens is 386 g/mol. The molecule has 1 aromatic carbocycles. The summed E-state index contributed by atoms with van der Waals surface area (Å²) in [5.41, 5.74) is 2.35. The van der Waals surface area contributed by atoms with E-state index in [1.807, 2.05) is 26.0 Å². The molecule has 3 rings (SSSR count). The first kappa shape index (κ1) is 21.1. The second-order valence-electron chi connectivity index (χ2n) is 6.81. The quantitative estimate of drug-likeness (QED) is 0.602. The summed E-state index contributed by atoms with van der Waals surface area (Å²) in [6.07, 6.45) is 0.189. The van der Waals surface area contributed by atoms with Crippen LogP contribution in [0.5, 0.6) is 11.5 Å². The average Bonchev–Trinajstić information content (AvgIpc) is 3.07. The van der Waals surface area contributed by atoms with Crippen LogP contribution in [0, 0.1) is 13.8 Å². The van der Waals surface area contributed by atoms with E-state index in [1.165, 1.54) is 10.7 Å². The molecule has 0 aliphatic rings. The SMILES string of the molecule is COc1ccc(CC(=O)NCCn2nc(-n3nc(C)cc3C)ccc2=O)cc1OC. The molecule has 0 atom stereocenters. The number of carbonyl (C=O) groups is 1. The number of aromatic nitrogens is 4. The second-order valence-corrected chi connectivity index (χ2v) is 6.81. The molecule has 1 amide bonds. The van der Waals surface area contributed by atoms with Gasteiger partial charge in [-0.1, -0.05) is 6.07 Å². The maximum absolute atomic E-state index is 12.3. The van der Waals surface area contributed by atoms with Gasteiger partial charge in [0.15, 0.2) is 17.3 Å². The zero-order chi connectivity index (χ0) is 21.7. The minimum atomic E-state index is -0.241. The lowest BCUT2D eigenvalue weighted by Crippen LogP contribution is -2.33. The Labute approximate surface area is 174 Å². The van der Waals surface area contributed by atoms with E-state index in [-0.39, 0.29) is 31.0 Å². The molecule has 0 saturated heterocycles. The van der Waals surface area contributed by atoms with E-state index in [0.717, 1.165) is 17.0 Å². The molecule has 0 radical (unpaired) electrons. The van der Waals surface area contributed by atoms with Crippen LogP contribution in [0.1, 0.15) is 17.0 Å². The molecule has 9 heteroatoms. The van der Waals surface area contributed by atoms with Crippen molar-refractivity contribution < 1.29 is 14.3 Å². The van der Waals surface area contributed by atoms with Gasteiger partial charge in [-0.25, -0.2) is 9.36 Å². The molecule has 0 unspecified atom stereocenters. The standard InChI is InChI=1S/C21H25N5O4/c1-14-11-15(2)26(23-14)19-7-8-21(28)25(24-19)10-9-22-20(27)13-16-5-6-17(29-3)18(12-16)30-4/h5-8,11-12H,9-10,13H2,1-4H3,(H,22,27). The molecule has 0 saturated carbocycles. The summed E-state index contributed by atoms with van der Waals surface area (Å²) < 4.78 is 13.5. The minimum absolute atomic E-state index is 0.162. The lowest BCUT2D eigenvalue weighted by atomic mass is 10.1. The zero-order valence-electron chi connectivity index (χ0n) is 17.5. The number of methoxy groups -OCH3 is 2. The summed E-state index contributed by atoms with van der Waals surface area (Å²) in [7, 11) is 3.11. The van der Waals surface area contributed by atoms with Crippen LogP contribution in [0.25, 0.3) is 5.82 Å². The smallest absolute Gasteiger partial charge is 0.266 e. The van der Waals surface area contributed by atoms with Crippen LogP contribution in [0.4, 0.5) is 0 Å². The number of benzene rings is 1. The lowest BCUT2D eigenvalue weighted by Gasteiger charge is -2.11. The molecule has 0 spiro atoms. The van der Waals surface area contributed by atoms with Crippen molar-refractivity contribution in [3.63, 3.8) is 0 Å². The van der Waals surface area contributed by atoms with Crippen LogP contribution in [0.15, 0.2) is 41.2 Å². The summed E-state index contributed by atoms with van der Waals surface area (Å²) in [5.74, 6) is 1.57. The second kappa shape index (κ2) is 9.25. The van der Waals surface area contributed by atoms with Gasteiger partial charge in [0.25, 0.3) is 5.56 Å². The molecule has 30 heavy (non-hydrogen) atoms. The monoisotopic (exact) mass is 411 g/mol. The van der Waals surface area contributed by atoms with Crippen molar-refractivity contribution in [2.24, 2.45) is 0 Å². The predicted octanol–water partition coefficient (Wildman–Crippen LogP) is 1.42. The fourth-order valence-corrected chi connectivity index (χ4v) is 3.11. The molecular formula is C21H25N5O4. The van der Waals surface area contributed by atoms with E-state index in [4.69, 9.17) is 9.47 Å². The van der Waals surface area contributed by atoms with E-state index >= 15 is 0 Å². The van der Waals surface area contributed by atoms with Gasteiger partial charge in [0.05, 0.1) is 32.9 Å². The fourth-order valence-electron chi connectivity index (χ4n) is 3.11. The molecule has 0 aliphatic heterocycles. The number of carbonyl (C=O) groups excluding carboxylic acids is 1. The van der Waals surface area contributed by atoms with Crippen LogP contribution in [0.2, 0.25) is 0 Å². The van der Waals surface area contributed by atoms with Crippen LogP contribution >= 0.6 is 0 Å². The average molecular weight is 411 g/mol. The van der Waals surface area contributed by atoms with Crippen molar-refractivity contribution in [1.29, 1.82) is 0 Å². The van der Waals surface area contributed by atoms with Crippen molar-refractivity contribution in [2.75, 3.05) is 20.8 Å². The van der Waals surface area contributed by atoms with Crippen molar-refractivity contribution in [1.82, 2.24) is 24.9 Å². The van der Waals surface area contributed by atoms with Crippen LogP contribution in [-0.2, 0) is 17.8 Å². The van der Waals surface area contributed by atoms with Crippen molar-refractivity contribution in [3.05, 3.63) is 63.7 Å². The number of amides is 1. The Kier molecular flexibility index (Phi) is 6.51. The van der Waals surface area contributed by atoms with E-state index in [9.17, 15) is 9.59 Å². The number of hydrogen-bond acceptors (Lipinski definition) is 6. The highest BCUT2D eigenvalue weighted by atomic mass is 16.5. The number of hydrogen-bond donors (Lipinski definition) is 1.